The fourth-order valence-electron chi connectivity index (χ4n) is 2.59. The first-order valence-electron chi connectivity index (χ1n) is 7.65. The summed E-state index contributed by atoms with van der Waals surface area (Å²) < 4.78 is 23.6. The summed E-state index contributed by atoms with van der Waals surface area (Å²) >= 11 is 7.46. The number of aryl methyl sites for hydroxylation is 1. The number of ether oxygens (including phenoxy) is 2. The molecular formula is C18H12ClFN2O3S. The Morgan fingerprint density at radius 1 is 1.27 bits per heavy atom. The molecule has 1 aromatic heterocycles. The number of halogens is 2. The third-order valence-electron chi connectivity index (χ3n) is 3.82. The van der Waals surface area contributed by atoms with Crippen LogP contribution in [0.3, 0.4) is 0 Å². The highest BCUT2D eigenvalue weighted by Crippen LogP contribution is 2.40. The number of rotatable bonds is 3. The van der Waals surface area contributed by atoms with E-state index in [1.807, 2.05) is 6.92 Å². The zero-order chi connectivity index (χ0) is 18.3. The van der Waals surface area contributed by atoms with Crippen molar-refractivity contribution < 1.29 is 18.7 Å². The molecule has 0 atom stereocenters. The minimum atomic E-state index is -0.357. The van der Waals surface area contributed by atoms with E-state index in [0.29, 0.717) is 32.9 Å². The van der Waals surface area contributed by atoms with E-state index in [1.165, 1.54) is 29.5 Å². The van der Waals surface area contributed by atoms with E-state index in [0.717, 1.165) is 10.4 Å². The maximum Gasteiger partial charge on any atom is 0.257 e. The third kappa shape index (κ3) is 3.11. The molecule has 0 radical (unpaired) electrons. The molecule has 4 rings (SSSR count). The molecule has 0 unspecified atom stereocenters. The van der Waals surface area contributed by atoms with Crippen LogP contribution in [0.1, 0.15) is 15.2 Å². The normalized spacial score (nSPS) is 12.3. The molecule has 1 aliphatic heterocycles. The average Bonchev–Trinajstić information content (AvgIpc) is 3.22. The molecule has 1 N–H and O–H groups in total. The van der Waals surface area contributed by atoms with Crippen molar-refractivity contribution in [2.75, 3.05) is 12.1 Å². The zero-order valence-electron chi connectivity index (χ0n) is 13.5. The molecule has 2 heterocycles. The van der Waals surface area contributed by atoms with Gasteiger partial charge >= 0.3 is 0 Å². The number of carbonyl (C=O) groups is 1. The van der Waals surface area contributed by atoms with Gasteiger partial charge in [0.05, 0.1) is 10.7 Å². The number of benzene rings is 2. The monoisotopic (exact) mass is 390 g/mol. The van der Waals surface area contributed by atoms with Gasteiger partial charge in [-0.2, -0.15) is 0 Å². The van der Waals surface area contributed by atoms with Crippen LogP contribution in [0.5, 0.6) is 11.5 Å². The van der Waals surface area contributed by atoms with E-state index in [-0.39, 0.29) is 18.5 Å². The molecule has 132 valence electrons. The second-order valence-corrected chi connectivity index (χ2v) is 7.19. The number of fused-ring (bicyclic) bond motifs is 1. The largest absolute Gasteiger partial charge is 0.454 e. The van der Waals surface area contributed by atoms with Crippen molar-refractivity contribution >= 4 is 34.0 Å². The van der Waals surface area contributed by atoms with Gasteiger partial charge in [-0.25, -0.2) is 9.37 Å². The first kappa shape index (κ1) is 16.8. The Labute approximate surface area is 157 Å². The number of amides is 1. The summed E-state index contributed by atoms with van der Waals surface area (Å²) in [6.45, 7) is 1.97. The average molecular weight is 391 g/mol. The minimum Gasteiger partial charge on any atom is -0.454 e. The van der Waals surface area contributed by atoms with Crippen LogP contribution in [-0.2, 0) is 0 Å². The van der Waals surface area contributed by atoms with Gasteiger partial charge in [0, 0.05) is 16.0 Å². The molecule has 0 saturated heterocycles. The maximum atomic E-state index is 13.1. The van der Waals surface area contributed by atoms with E-state index < -0.39 is 0 Å². The Kier molecular flexibility index (Phi) is 4.26. The number of carbonyl (C=O) groups excluding carboxylic acids is 1. The smallest absolute Gasteiger partial charge is 0.257 e. The lowest BCUT2D eigenvalue weighted by molar-refractivity contribution is 0.102. The van der Waals surface area contributed by atoms with Crippen molar-refractivity contribution in [1.82, 2.24) is 4.98 Å². The molecule has 8 heteroatoms. The van der Waals surface area contributed by atoms with Gasteiger partial charge in [-0.05, 0) is 43.3 Å². The van der Waals surface area contributed by atoms with Crippen LogP contribution in [0.15, 0.2) is 36.4 Å². The number of aromatic nitrogens is 1. The van der Waals surface area contributed by atoms with Crippen molar-refractivity contribution in [3.8, 4) is 22.8 Å². The summed E-state index contributed by atoms with van der Waals surface area (Å²) in [5, 5.41) is 3.52. The molecule has 1 amide bonds. The van der Waals surface area contributed by atoms with E-state index in [9.17, 15) is 9.18 Å². The molecule has 0 fully saturated rings. The number of nitrogens with zero attached hydrogens (tertiary/aromatic N) is 1. The van der Waals surface area contributed by atoms with Gasteiger partial charge in [-0.1, -0.05) is 11.6 Å². The molecule has 2 aromatic carbocycles. The van der Waals surface area contributed by atoms with Gasteiger partial charge in [0.25, 0.3) is 5.91 Å². The number of thiazole rings is 1. The molecular weight excluding hydrogens is 379 g/mol. The van der Waals surface area contributed by atoms with E-state index in [4.69, 9.17) is 21.1 Å². The second-order valence-electron chi connectivity index (χ2n) is 5.58. The van der Waals surface area contributed by atoms with Crippen LogP contribution in [0.4, 0.5) is 9.52 Å². The van der Waals surface area contributed by atoms with Crippen LogP contribution >= 0.6 is 22.9 Å². The Morgan fingerprint density at radius 2 is 2.04 bits per heavy atom. The molecule has 0 spiro atoms. The molecule has 0 bridgehead atoms. The Balaban J connectivity index is 1.58. The van der Waals surface area contributed by atoms with Crippen molar-refractivity contribution in [1.29, 1.82) is 0 Å². The summed E-state index contributed by atoms with van der Waals surface area (Å²) in [5.41, 5.74) is 1.83. The highest BCUT2D eigenvalue weighted by Gasteiger charge is 2.21. The lowest BCUT2D eigenvalue weighted by Crippen LogP contribution is -2.11. The lowest BCUT2D eigenvalue weighted by Gasteiger charge is -2.05. The highest BCUT2D eigenvalue weighted by molar-refractivity contribution is 7.16. The number of nitrogens with one attached hydrogen (secondary N) is 1. The van der Waals surface area contributed by atoms with Crippen molar-refractivity contribution in [3.05, 3.63) is 57.7 Å². The molecule has 0 saturated carbocycles. The van der Waals surface area contributed by atoms with Crippen molar-refractivity contribution in [2.45, 2.75) is 6.92 Å². The SMILES string of the molecule is Cc1sc(NC(=O)c2cc(Cl)c3c(c2)OCO3)nc1-c1ccc(F)cc1. The first-order valence-corrected chi connectivity index (χ1v) is 8.84. The number of hydrogen-bond donors (Lipinski definition) is 1. The summed E-state index contributed by atoms with van der Waals surface area (Å²) in [6.07, 6.45) is 0. The summed E-state index contributed by atoms with van der Waals surface area (Å²) in [4.78, 5) is 17.9. The van der Waals surface area contributed by atoms with Gasteiger partial charge in [0.2, 0.25) is 6.79 Å². The Hall–Kier alpha value is -2.64. The van der Waals surface area contributed by atoms with Gasteiger partial charge in [0.15, 0.2) is 16.6 Å². The summed E-state index contributed by atoms with van der Waals surface area (Å²) in [6, 6.07) is 9.15. The van der Waals surface area contributed by atoms with Crippen LogP contribution in [0.25, 0.3) is 11.3 Å². The van der Waals surface area contributed by atoms with Crippen LogP contribution in [-0.4, -0.2) is 17.7 Å². The number of hydrogen-bond acceptors (Lipinski definition) is 5. The van der Waals surface area contributed by atoms with Gasteiger partial charge in [0.1, 0.15) is 5.82 Å². The van der Waals surface area contributed by atoms with E-state index in [1.54, 1.807) is 18.2 Å². The molecule has 1 aliphatic rings. The molecule has 5 nitrogen and oxygen atoms in total. The minimum absolute atomic E-state index is 0.0762. The van der Waals surface area contributed by atoms with Crippen molar-refractivity contribution in [2.24, 2.45) is 0 Å². The fourth-order valence-corrected chi connectivity index (χ4v) is 3.69. The Morgan fingerprint density at radius 3 is 2.81 bits per heavy atom. The predicted molar refractivity (Wildman–Crippen MR) is 97.8 cm³/mol. The van der Waals surface area contributed by atoms with Crippen molar-refractivity contribution in [3.63, 3.8) is 0 Å². The quantitative estimate of drug-likeness (QED) is 0.691. The summed E-state index contributed by atoms with van der Waals surface area (Å²) in [7, 11) is 0. The number of anilines is 1. The maximum absolute atomic E-state index is 13.1. The van der Waals surface area contributed by atoms with Crippen LogP contribution < -0.4 is 14.8 Å². The Bertz CT molecular complexity index is 1000. The fraction of sp³-hybridized carbons (Fsp3) is 0.111. The standard InChI is InChI=1S/C18H12ClFN2O3S/c1-9-15(10-2-4-12(20)5-3-10)21-18(26-9)22-17(23)11-6-13(19)16-14(7-11)24-8-25-16/h2-7H,8H2,1H3,(H,21,22,23). The summed E-state index contributed by atoms with van der Waals surface area (Å²) in [5.74, 6) is 0.205. The predicted octanol–water partition coefficient (Wildman–Crippen LogP) is 4.89. The van der Waals surface area contributed by atoms with Gasteiger partial charge in [-0.3, -0.25) is 10.1 Å². The van der Waals surface area contributed by atoms with Gasteiger partial charge < -0.3 is 9.47 Å². The molecule has 0 aliphatic carbocycles. The second kappa shape index (κ2) is 6.59. The lowest BCUT2D eigenvalue weighted by atomic mass is 10.1. The van der Waals surface area contributed by atoms with E-state index >= 15 is 0 Å². The topological polar surface area (TPSA) is 60.5 Å². The van der Waals surface area contributed by atoms with Crippen LogP contribution in [0.2, 0.25) is 5.02 Å². The first-order chi connectivity index (χ1) is 12.5. The van der Waals surface area contributed by atoms with E-state index in [2.05, 4.69) is 10.3 Å². The molecule has 26 heavy (non-hydrogen) atoms. The molecule has 3 aromatic rings. The third-order valence-corrected chi connectivity index (χ3v) is 4.99. The van der Waals surface area contributed by atoms with Gasteiger partial charge in [-0.15, -0.1) is 11.3 Å². The van der Waals surface area contributed by atoms with Crippen LogP contribution in [0, 0.1) is 12.7 Å². The highest BCUT2D eigenvalue weighted by atomic mass is 35.5. The zero-order valence-corrected chi connectivity index (χ0v) is 15.1.